The van der Waals surface area contributed by atoms with Crippen LogP contribution in [0.4, 0.5) is 13.2 Å². The van der Waals surface area contributed by atoms with Crippen molar-refractivity contribution in [3.05, 3.63) is 50.3 Å². The molecule has 136 valence electrons. The Kier molecular flexibility index (Phi) is 4.48. The third kappa shape index (κ3) is 3.23. The van der Waals surface area contributed by atoms with Gasteiger partial charge in [-0.15, -0.1) is 23.1 Å². The fourth-order valence-corrected chi connectivity index (χ4v) is 5.62. The van der Waals surface area contributed by atoms with Gasteiger partial charge in [0.2, 0.25) is 0 Å². The summed E-state index contributed by atoms with van der Waals surface area (Å²) in [4.78, 5) is 24.1. The molecule has 0 amide bonds. The van der Waals surface area contributed by atoms with Crippen LogP contribution in [-0.4, -0.2) is 20.7 Å². The number of hydrogen-bond acceptors (Lipinski definition) is 5. The molecule has 4 rings (SSSR count). The molecule has 1 N–H and O–H groups in total. The average Bonchev–Trinajstić information content (AvgIpc) is 2.94. The molecule has 0 atom stereocenters. The second kappa shape index (κ2) is 6.54. The lowest BCUT2D eigenvalue weighted by molar-refractivity contribution is -0.137. The molecule has 0 aliphatic carbocycles. The minimum atomic E-state index is -4.51. The van der Waals surface area contributed by atoms with E-state index in [1.165, 1.54) is 11.3 Å². The third-order valence-electron chi connectivity index (χ3n) is 4.06. The van der Waals surface area contributed by atoms with Crippen LogP contribution in [0.25, 0.3) is 10.2 Å². The molecule has 0 saturated heterocycles. The maximum Gasteiger partial charge on any atom is 0.417 e. The van der Waals surface area contributed by atoms with Gasteiger partial charge in [0.05, 0.1) is 25.9 Å². The SMILES string of the molecule is O=c1[nH]c(Cc2ncc(C(F)(F)F)cc2Cl)nc2sc3c(c12)CCCS3. The molecule has 0 fully saturated rings. The number of halogens is 4. The lowest BCUT2D eigenvalue weighted by Crippen LogP contribution is -2.14. The van der Waals surface area contributed by atoms with Crippen LogP contribution in [0.1, 0.15) is 29.1 Å². The number of fused-ring (bicyclic) bond motifs is 3. The van der Waals surface area contributed by atoms with E-state index in [0.717, 1.165) is 40.6 Å². The topological polar surface area (TPSA) is 58.6 Å². The Balaban J connectivity index is 1.71. The number of pyridine rings is 1. The molecule has 4 nitrogen and oxygen atoms in total. The highest BCUT2D eigenvalue weighted by atomic mass is 35.5. The highest BCUT2D eigenvalue weighted by Crippen LogP contribution is 2.40. The van der Waals surface area contributed by atoms with Crippen molar-refractivity contribution in [2.75, 3.05) is 5.75 Å². The van der Waals surface area contributed by atoms with Crippen LogP contribution in [-0.2, 0) is 19.0 Å². The Labute approximate surface area is 158 Å². The van der Waals surface area contributed by atoms with Gasteiger partial charge in [0.1, 0.15) is 10.7 Å². The second-order valence-corrected chi connectivity index (χ2v) is 8.61. The van der Waals surface area contributed by atoms with Gasteiger partial charge in [0.15, 0.2) is 0 Å². The standard InChI is InChI=1S/C16H11ClF3N3OS2/c17-9-4-7(16(18,19)20)6-21-10(9)5-11-22-13(24)12-8-2-1-3-25-15(8)26-14(12)23-11/h4,6H,1-3,5H2,(H,22,23,24). The summed E-state index contributed by atoms with van der Waals surface area (Å²) in [5.41, 5.74) is 0.143. The normalized spacial score (nSPS) is 14.6. The molecule has 0 aromatic carbocycles. The monoisotopic (exact) mass is 417 g/mol. The van der Waals surface area contributed by atoms with Crippen LogP contribution in [0.3, 0.4) is 0 Å². The highest BCUT2D eigenvalue weighted by Gasteiger charge is 2.31. The summed E-state index contributed by atoms with van der Waals surface area (Å²) in [6.07, 6.45) is -1.83. The summed E-state index contributed by atoms with van der Waals surface area (Å²) >= 11 is 9.15. The Bertz CT molecular complexity index is 1060. The number of hydrogen-bond donors (Lipinski definition) is 1. The fraction of sp³-hybridized carbons (Fsp3) is 0.312. The van der Waals surface area contributed by atoms with Crippen molar-refractivity contribution < 1.29 is 13.2 Å². The van der Waals surface area contributed by atoms with Gasteiger partial charge in [-0.3, -0.25) is 9.78 Å². The van der Waals surface area contributed by atoms with Gasteiger partial charge in [-0.1, -0.05) is 11.6 Å². The maximum absolute atomic E-state index is 12.7. The summed E-state index contributed by atoms with van der Waals surface area (Å²) in [7, 11) is 0. The predicted octanol–water partition coefficient (Wildman–Crippen LogP) is 4.68. The predicted molar refractivity (Wildman–Crippen MR) is 96.3 cm³/mol. The quantitative estimate of drug-likeness (QED) is 0.657. The first-order valence-corrected chi connectivity index (χ1v) is 9.90. The van der Waals surface area contributed by atoms with E-state index in [0.29, 0.717) is 16.0 Å². The molecule has 1 aliphatic heterocycles. The molecule has 0 saturated carbocycles. The first-order valence-electron chi connectivity index (χ1n) is 7.72. The van der Waals surface area contributed by atoms with Gasteiger partial charge in [-0.05, 0) is 30.2 Å². The summed E-state index contributed by atoms with van der Waals surface area (Å²) in [5, 5.41) is 0.510. The van der Waals surface area contributed by atoms with Gasteiger partial charge >= 0.3 is 6.18 Å². The zero-order valence-electron chi connectivity index (χ0n) is 13.1. The molecule has 4 heterocycles. The molecule has 0 unspecified atom stereocenters. The zero-order valence-corrected chi connectivity index (χ0v) is 15.5. The fourth-order valence-electron chi connectivity index (χ4n) is 2.84. The van der Waals surface area contributed by atoms with E-state index >= 15 is 0 Å². The van der Waals surface area contributed by atoms with Gasteiger partial charge in [-0.25, -0.2) is 4.98 Å². The number of thioether (sulfide) groups is 1. The minimum absolute atomic E-state index is 0.0534. The van der Waals surface area contributed by atoms with Gasteiger partial charge < -0.3 is 4.98 Å². The van der Waals surface area contributed by atoms with Crippen molar-refractivity contribution in [2.45, 2.75) is 29.6 Å². The minimum Gasteiger partial charge on any atom is -0.310 e. The number of aromatic nitrogens is 3. The zero-order chi connectivity index (χ0) is 18.5. The second-order valence-electron chi connectivity index (χ2n) is 5.84. The molecular formula is C16H11ClF3N3OS2. The maximum atomic E-state index is 12.7. The molecule has 0 bridgehead atoms. The van der Waals surface area contributed by atoms with E-state index in [2.05, 4.69) is 15.0 Å². The Morgan fingerprint density at radius 2 is 2.15 bits per heavy atom. The van der Waals surface area contributed by atoms with Gasteiger partial charge in [0, 0.05) is 12.6 Å². The first-order chi connectivity index (χ1) is 12.3. The number of rotatable bonds is 2. The number of thiophene rings is 1. The molecular weight excluding hydrogens is 407 g/mol. The van der Waals surface area contributed by atoms with Crippen molar-refractivity contribution in [1.29, 1.82) is 0 Å². The Hall–Kier alpha value is -1.58. The van der Waals surface area contributed by atoms with Crippen molar-refractivity contribution >= 4 is 44.9 Å². The van der Waals surface area contributed by atoms with Crippen molar-refractivity contribution in [3.63, 3.8) is 0 Å². The summed E-state index contributed by atoms with van der Waals surface area (Å²) in [6.45, 7) is 0. The number of nitrogens with one attached hydrogen (secondary N) is 1. The summed E-state index contributed by atoms with van der Waals surface area (Å²) in [6, 6.07) is 0.834. The molecule has 26 heavy (non-hydrogen) atoms. The van der Waals surface area contributed by atoms with Gasteiger partial charge in [0.25, 0.3) is 5.56 Å². The van der Waals surface area contributed by atoms with Crippen LogP contribution >= 0.6 is 34.7 Å². The number of alkyl halides is 3. The number of nitrogens with zero attached hydrogens (tertiary/aromatic N) is 2. The van der Waals surface area contributed by atoms with E-state index in [9.17, 15) is 18.0 Å². The van der Waals surface area contributed by atoms with Crippen molar-refractivity contribution in [3.8, 4) is 0 Å². The van der Waals surface area contributed by atoms with Crippen LogP contribution in [0.2, 0.25) is 5.02 Å². The molecule has 3 aromatic rings. The van der Waals surface area contributed by atoms with Crippen LogP contribution in [0.5, 0.6) is 0 Å². The largest absolute Gasteiger partial charge is 0.417 e. The molecule has 10 heteroatoms. The first kappa shape index (κ1) is 17.8. The van der Waals surface area contributed by atoms with Crippen LogP contribution in [0.15, 0.2) is 21.3 Å². The van der Waals surface area contributed by atoms with E-state index in [1.54, 1.807) is 11.8 Å². The van der Waals surface area contributed by atoms with Crippen molar-refractivity contribution in [1.82, 2.24) is 15.0 Å². The van der Waals surface area contributed by atoms with Crippen LogP contribution < -0.4 is 5.56 Å². The third-order valence-corrected chi connectivity index (χ3v) is 6.91. The van der Waals surface area contributed by atoms with E-state index in [4.69, 9.17) is 11.6 Å². The smallest absolute Gasteiger partial charge is 0.310 e. The Morgan fingerprint density at radius 1 is 1.35 bits per heavy atom. The van der Waals surface area contributed by atoms with Crippen LogP contribution in [0, 0.1) is 0 Å². The van der Waals surface area contributed by atoms with Crippen molar-refractivity contribution in [2.24, 2.45) is 0 Å². The molecule has 0 spiro atoms. The molecule has 1 aliphatic rings. The average molecular weight is 418 g/mol. The summed E-state index contributed by atoms with van der Waals surface area (Å²) < 4.78 is 39.2. The van der Waals surface area contributed by atoms with E-state index < -0.39 is 11.7 Å². The van der Waals surface area contributed by atoms with E-state index in [1.807, 2.05) is 0 Å². The molecule has 3 aromatic heterocycles. The summed E-state index contributed by atoms with van der Waals surface area (Å²) in [5.74, 6) is 1.36. The number of aryl methyl sites for hydroxylation is 1. The lowest BCUT2D eigenvalue weighted by Gasteiger charge is -2.09. The lowest BCUT2D eigenvalue weighted by atomic mass is 10.1. The highest BCUT2D eigenvalue weighted by molar-refractivity contribution is 8.01. The Morgan fingerprint density at radius 3 is 2.88 bits per heavy atom. The molecule has 0 radical (unpaired) electrons. The number of H-pyrrole nitrogens is 1. The number of aromatic amines is 1. The van der Waals surface area contributed by atoms with E-state index in [-0.39, 0.29) is 22.7 Å². The van der Waals surface area contributed by atoms with Gasteiger partial charge in [-0.2, -0.15) is 13.2 Å².